The molecule has 2 atom stereocenters. The first-order chi connectivity index (χ1) is 14.8. The lowest BCUT2D eigenvalue weighted by atomic mass is 10.00. The van der Waals surface area contributed by atoms with Crippen molar-refractivity contribution in [2.24, 2.45) is 5.73 Å². The van der Waals surface area contributed by atoms with Gasteiger partial charge in [-0.05, 0) is 38.0 Å². The Hall–Kier alpha value is -2.59. The van der Waals surface area contributed by atoms with E-state index in [0.29, 0.717) is 25.1 Å². The molecule has 1 aliphatic heterocycles. The molecular weight excluding hydrogens is 452 g/mol. The molecule has 0 bridgehead atoms. The Morgan fingerprint density at radius 2 is 2.09 bits per heavy atom. The summed E-state index contributed by atoms with van der Waals surface area (Å²) in [4.78, 5) is 18.8. The van der Waals surface area contributed by atoms with Crippen LogP contribution in [0.5, 0.6) is 5.88 Å². The van der Waals surface area contributed by atoms with Gasteiger partial charge < -0.3 is 20.7 Å². The van der Waals surface area contributed by atoms with E-state index in [1.807, 2.05) is 12.2 Å². The summed E-state index contributed by atoms with van der Waals surface area (Å²) in [5.74, 6) is -1.60. The SMILES string of the molecule is COc1ncc(C(=O)NC(C)C(F)(F)F)c(N2CC[C@](C)(N)C2)c1-c1ccc(Cl)c(F)c1. The van der Waals surface area contributed by atoms with Crippen LogP contribution in [0.1, 0.15) is 30.6 Å². The molecule has 1 amide bonds. The number of hydrogen-bond acceptors (Lipinski definition) is 5. The Labute approximate surface area is 187 Å². The molecule has 11 heteroatoms. The van der Waals surface area contributed by atoms with Gasteiger partial charge in [-0.15, -0.1) is 0 Å². The lowest BCUT2D eigenvalue weighted by Crippen LogP contribution is -2.44. The van der Waals surface area contributed by atoms with Gasteiger partial charge in [-0.25, -0.2) is 9.37 Å². The van der Waals surface area contributed by atoms with Gasteiger partial charge in [-0.1, -0.05) is 17.7 Å². The molecule has 2 heterocycles. The van der Waals surface area contributed by atoms with Gasteiger partial charge >= 0.3 is 6.18 Å². The fourth-order valence-corrected chi connectivity index (χ4v) is 3.70. The van der Waals surface area contributed by atoms with Crippen LogP contribution >= 0.6 is 11.6 Å². The van der Waals surface area contributed by atoms with Gasteiger partial charge in [-0.3, -0.25) is 4.79 Å². The molecule has 1 aromatic heterocycles. The molecule has 6 nitrogen and oxygen atoms in total. The van der Waals surface area contributed by atoms with Crippen molar-refractivity contribution in [2.45, 2.75) is 38.0 Å². The number of anilines is 1. The second kappa shape index (κ2) is 8.74. The van der Waals surface area contributed by atoms with Crippen molar-refractivity contribution in [3.8, 4) is 17.0 Å². The molecule has 0 aliphatic carbocycles. The third kappa shape index (κ3) is 4.91. The van der Waals surface area contributed by atoms with E-state index in [1.54, 1.807) is 4.90 Å². The van der Waals surface area contributed by atoms with Crippen molar-refractivity contribution in [3.05, 3.63) is 40.8 Å². The monoisotopic (exact) mass is 474 g/mol. The van der Waals surface area contributed by atoms with Crippen molar-refractivity contribution >= 4 is 23.2 Å². The number of nitrogens with two attached hydrogens (primary N) is 1. The Morgan fingerprint density at radius 3 is 2.62 bits per heavy atom. The summed E-state index contributed by atoms with van der Waals surface area (Å²) < 4.78 is 58.7. The second-order valence-corrected chi connectivity index (χ2v) is 8.50. The maximum Gasteiger partial charge on any atom is 0.408 e. The number of aromatic nitrogens is 1. The first-order valence-corrected chi connectivity index (χ1v) is 10.2. The number of alkyl halides is 3. The number of benzene rings is 1. The lowest BCUT2D eigenvalue weighted by Gasteiger charge is -2.28. The van der Waals surface area contributed by atoms with Gasteiger partial charge in [-0.2, -0.15) is 13.2 Å². The molecule has 3 rings (SSSR count). The number of rotatable bonds is 5. The van der Waals surface area contributed by atoms with E-state index in [9.17, 15) is 22.4 Å². The number of amides is 1. The highest BCUT2D eigenvalue weighted by Crippen LogP contribution is 2.42. The average Bonchev–Trinajstić information content (AvgIpc) is 3.07. The highest BCUT2D eigenvalue weighted by Gasteiger charge is 2.39. The smallest absolute Gasteiger partial charge is 0.408 e. The first kappa shape index (κ1) is 24.1. The molecule has 0 radical (unpaired) electrons. The van der Waals surface area contributed by atoms with Crippen LogP contribution < -0.4 is 20.7 Å². The van der Waals surface area contributed by atoms with Crippen molar-refractivity contribution in [2.75, 3.05) is 25.1 Å². The van der Waals surface area contributed by atoms with Crippen LogP contribution in [0.15, 0.2) is 24.4 Å². The molecule has 32 heavy (non-hydrogen) atoms. The summed E-state index contributed by atoms with van der Waals surface area (Å²) >= 11 is 5.81. The van der Waals surface area contributed by atoms with Gasteiger partial charge in [0.05, 0.1) is 28.9 Å². The van der Waals surface area contributed by atoms with Gasteiger partial charge in [0.15, 0.2) is 0 Å². The highest BCUT2D eigenvalue weighted by atomic mass is 35.5. The van der Waals surface area contributed by atoms with Gasteiger partial charge in [0, 0.05) is 24.8 Å². The van der Waals surface area contributed by atoms with Crippen LogP contribution in [0.2, 0.25) is 5.02 Å². The van der Waals surface area contributed by atoms with Gasteiger partial charge in [0.2, 0.25) is 5.88 Å². The van der Waals surface area contributed by atoms with Gasteiger partial charge in [0.1, 0.15) is 11.9 Å². The molecular formula is C21H23ClF4N4O2. The van der Waals surface area contributed by atoms with Crippen molar-refractivity contribution in [3.63, 3.8) is 0 Å². The maximum absolute atomic E-state index is 14.3. The molecule has 1 saturated heterocycles. The maximum atomic E-state index is 14.3. The van der Waals surface area contributed by atoms with Crippen LogP contribution in [-0.4, -0.2) is 48.8 Å². The molecule has 1 unspecified atom stereocenters. The third-order valence-corrected chi connectivity index (χ3v) is 5.63. The van der Waals surface area contributed by atoms with E-state index in [-0.39, 0.29) is 27.7 Å². The zero-order valence-electron chi connectivity index (χ0n) is 17.7. The largest absolute Gasteiger partial charge is 0.480 e. The van der Waals surface area contributed by atoms with Crippen LogP contribution in [0.3, 0.4) is 0 Å². The average molecular weight is 475 g/mol. The van der Waals surface area contributed by atoms with Gasteiger partial charge in [0.25, 0.3) is 5.91 Å². The third-order valence-electron chi connectivity index (χ3n) is 5.32. The number of carbonyl (C=O) groups excluding carboxylic acids is 1. The number of ether oxygens (including phenoxy) is 1. The van der Waals surface area contributed by atoms with E-state index >= 15 is 0 Å². The number of nitrogens with one attached hydrogen (secondary N) is 1. The summed E-state index contributed by atoms with van der Waals surface area (Å²) in [7, 11) is 1.35. The van der Waals surface area contributed by atoms with E-state index in [0.717, 1.165) is 19.2 Å². The van der Waals surface area contributed by atoms with Crippen molar-refractivity contribution in [1.82, 2.24) is 10.3 Å². The molecule has 3 N–H and O–H groups in total. The minimum absolute atomic E-state index is 0.0766. The summed E-state index contributed by atoms with van der Waals surface area (Å²) in [5, 5.41) is 1.85. The van der Waals surface area contributed by atoms with Crippen molar-refractivity contribution < 1.29 is 27.1 Å². The first-order valence-electron chi connectivity index (χ1n) is 9.78. The molecule has 2 aromatic rings. The summed E-state index contributed by atoms with van der Waals surface area (Å²) in [6.07, 6.45) is -2.90. The minimum Gasteiger partial charge on any atom is -0.480 e. The Kier molecular flexibility index (Phi) is 6.57. The van der Waals surface area contributed by atoms with E-state index < -0.39 is 29.5 Å². The fourth-order valence-electron chi connectivity index (χ4n) is 3.58. The number of carbonyl (C=O) groups is 1. The summed E-state index contributed by atoms with van der Waals surface area (Å²) in [5.41, 5.74) is 6.38. The topological polar surface area (TPSA) is 80.5 Å². The quantitative estimate of drug-likeness (QED) is 0.636. The number of methoxy groups -OCH3 is 1. The molecule has 1 aromatic carbocycles. The second-order valence-electron chi connectivity index (χ2n) is 8.10. The van der Waals surface area contributed by atoms with Crippen LogP contribution in [0.25, 0.3) is 11.1 Å². The number of nitrogens with zero attached hydrogens (tertiary/aromatic N) is 2. The fraction of sp³-hybridized carbons (Fsp3) is 0.429. The van der Waals surface area contributed by atoms with Crippen LogP contribution in [0.4, 0.5) is 23.2 Å². The minimum atomic E-state index is -4.62. The zero-order valence-corrected chi connectivity index (χ0v) is 18.4. The molecule has 0 saturated carbocycles. The number of halogens is 5. The van der Waals surface area contributed by atoms with Crippen LogP contribution in [0, 0.1) is 5.82 Å². The Bertz CT molecular complexity index is 1030. The summed E-state index contributed by atoms with van der Waals surface area (Å²) in [6.45, 7) is 3.42. The Morgan fingerprint density at radius 1 is 1.41 bits per heavy atom. The molecule has 174 valence electrons. The molecule has 0 spiro atoms. The predicted octanol–water partition coefficient (Wildman–Crippen LogP) is 4.16. The summed E-state index contributed by atoms with van der Waals surface area (Å²) in [6, 6.07) is 1.93. The molecule has 1 aliphatic rings. The lowest BCUT2D eigenvalue weighted by molar-refractivity contribution is -0.149. The van der Waals surface area contributed by atoms with E-state index in [1.165, 1.54) is 19.2 Å². The molecule has 1 fully saturated rings. The highest BCUT2D eigenvalue weighted by molar-refractivity contribution is 6.30. The number of pyridine rings is 1. The predicted molar refractivity (Wildman–Crippen MR) is 114 cm³/mol. The number of hydrogen-bond donors (Lipinski definition) is 2. The van der Waals surface area contributed by atoms with Crippen LogP contribution in [-0.2, 0) is 0 Å². The van der Waals surface area contributed by atoms with E-state index in [4.69, 9.17) is 22.1 Å². The van der Waals surface area contributed by atoms with E-state index in [2.05, 4.69) is 4.98 Å². The zero-order chi connectivity index (χ0) is 23.8. The standard InChI is InChI=1S/C21H23ClF4N4O2/c1-11(21(24,25)26)29-18(31)13-9-28-19(32-3)16(12-4-5-14(22)15(23)8-12)17(13)30-7-6-20(2,27)10-30/h4-5,8-9,11H,6-7,10,27H2,1-3H3,(H,29,31)/t11?,20-/m0/s1. The van der Waals surface area contributed by atoms with Crippen molar-refractivity contribution in [1.29, 1.82) is 0 Å². The normalized spacial score (nSPS) is 19.7. The Balaban J connectivity index is 2.21.